The van der Waals surface area contributed by atoms with Crippen molar-refractivity contribution in [1.29, 1.82) is 0 Å². The minimum Gasteiger partial charge on any atom is -0.462 e. The van der Waals surface area contributed by atoms with Crippen LogP contribution in [0.15, 0.2) is 134 Å². The zero-order chi connectivity index (χ0) is 59.1. The number of carbonyl (C=O) groups is 2. The Balaban J connectivity index is 4.10. The predicted molar refractivity (Wildman–Crippen MR) is 348 cm³/mol. The lowest BCUT2D eigenvalue weighted by Gasteiger charge is -2.24. The van der Waals surface area contributed by atoms with Crippen LogP contribution >= 0.6 is 7.82 Å². The minimum absolute atomic E-state index is 0.0241. The predicted octanol–water partition coefficient (Wildman–Crippen LogP) is 20.9. The summed E-state index contributed by atoms with van der Waals surface area (Å²) in [6.45, 7) is 4.29. The second kappa shape index (κ2) is 60.7. The van der Waals surface area contributed by atoms with Gasteiger partial charge >= 0.3 is 19.8 Å². The summed E-state index contributed by atoms with van der Waals surface area (Å²) in [4.78, 5) is 35.8. The minimum atomic E-state index is -4.40. The van der Waals surface area contributed by atoms with Gasteiger partial charge in [0.05, 0.1) is 27.7 Å². The summed E-state index contributed by atoms with van der Waals surface area (Å²) >= 11 is 0. The van der Waals surface area contributed by atoms with Crippen molar-refractivity contribution in [3.8, 4) is 0 Å². The van der Waals surface area contributed by atoms with Crippen LogP contribution in [0.4, 0.5) is 0 Å². The molecule has 0 aliphatic heterocycles. The van der Waals surface area contributed by atoms with Crippen molar-refractivity contribution in [2.45, 2.75) is 258 Å². The molecule has 1 N–H and O–H groups in total. The van der Waals surface area contributed by atoms with Crippen LogP contribution in [-0.4, -0.2) is 74.9 Å². The van der Waals surface area contributed by atoms with Gasteiger partial charge in [0.2, 0.25) is 0 Å². The topological polar surface area (TPSA) is 108 Å². The van der Waals surface area contributed by atoms with E-state index in [0.717, 1.165) is 122 Å². The highest BCUT2D eigenvalue weighted by Gasteiger charge is 2.27. The molecule has 0 fully saturated rings. The van der Waals surface area contributed by atoms with E-state index in [1.165, 1.54) is 96.3 Å². The normalized spacial score (nSPS) is 14.1. The Kier molecular flexibility index (Phi) is 57.8. The van der Waals surface area contributed by atoms with Crippen LogP contribution in [0.1, 0.15) is 251 Å². The molecule has 0 rings (SSSR count). The summed E-state index contributed by atoms with van der Waals surface area (Å²) in [6, 6.07) is 0. The Labute approximate surface area is 498 Å². The van der Waals surface area contributed by atoms with E-state index >= 15 is 0 Å². The zero-order valence-electron chi connectivity index (χ0n) is 52.5. The maximum atomic E-state index is 12.8. The molecule has 0 spiro atoms. The number of hydrogen-bond donors (Lipinski definition) is 1. The lowest BCUT2D eigenvalue weighted by atomic mass is 10.0. The van der Waals surface area contributed by atoms with Crippen molar-refractivity contribution in [3.05, 3.63) is 134 Å². The van der Waals surface area contributed by atoms with Crippen molar-refractivity contribution < 1.29 is 42.1 Å². The second-order valence-electron chi connectivity index (χ2n) is 22.4. The van der Waals surface area contributed by atoms with Crippen molar-refractivity contribution >= 4 is 19.8 Å². The van der Waals surface area contributed by atoms with Gasteiger partial charge in [0.25, 0.3) is 0 Å². The maximum Gasteiger partial charge on any atom is 0.472 e. The van der Waals surface area contributed by atoms with Gasteiger partial charge in [-0.3, -0.25) is 18.6 Å². The van der Waals surface area contributed by atoms with Crippen molar-refractivity contribution in [2.24, 2.45) is 0 Å². The smallest absolute Gasteiger partial charge is 0.462 e. The molecule has 2 unspecified atom stereocenters. The number of nitrogens with zero attached hydrogens (tertiary/aromatic N) is 1. The first-order chi connectivity index (χ1) is 39.5. The van der Waals surface area contributed by atoms with Gasteiger partial charge in [-0.05, 0) is 116 Å². The van der Waals surface area contributed by atoms with Gasteiger partial charge in [-0.2, -0.15) is 0 Å². The van der Waals surface area contributed by atoms with Gasteiger partial charge in [-0.1, -0.05) is 257 Å². The molecule has 462 valence electrons. The van der Waals surface area contributed by atoms with Gasteiger partial charge in [-0.25, -0.2) is 4.57 Å². The molecule has 9 nitrogen and oxygen atoms in total. The molecule has 0 aromatic carbocycles. The lowest BCUT2D eigenvalue weighted by molar-refractivity contribution is -0.870. The molecule has 0 bridgehead atoms. The molecule has 0 radical (unpaired) electrons. The number of carbonyl (C=O) groups excluding carboxylic acids is 2. The van der Waals surface area contributed by atoms with Gasteiger partial charge in [0.1, 0.15) is 19.8 Å². The highest BCUT2D eigenvalue weighted by molar-refractivity contribution is 7.47. The van der Waals surface area contributed by atoms with E-state index in [2.05, 4.69) is 148 Å². The average molecular weight is 1150 g/mol. The Hall–Kier alpha value is -3.85. The molecule has 0 heterocycles. The van der Waals surface area contributed by atoms with Crippen molar-refractivity contribution in [2.75, 3.05) is 47.5 Å². The monoisotopic (exact) mass is 1150 g/mol. The second-order valence-corrected chi connectivity index (χ2v) is 23.9. The molecule has 81 heavy (non-hydrogen) atoms. The molecular weight excluding hydrogens is 1030 g/mol. The third-order valence-electron chi connectivity index (χ3n) is 13.4. The largest absolute Gasteiger partial charge is 0.472 e. The zero-order valence-corrected chi connectivity index (χ0v) is 53.4. The van der Waals surface area contributed by atoms with Crippen LogP contribution in [-0.2, 0) is 32.7 Å². The summed E-state index contributed by atoms with van der Waals surface area (Å²) in [5.41, 5.74) is 0. The highest BCUT2D eigenvalue weighted by Crippen LogP contribution is 2.43. The molecule has 0 aliphatic rings. The molecule has 0 aromatic rings. The van der Waals surface area contributed by atoms with Crippen LogP contribution < -0.4 is 0 Å². The number of phosphoric ester groups is 1. The van der Waals surface area contributed by atoms with Gasteiger partial charge < -0.3 is 18.9 Å². The third kappa shape index (κ3) is 65.2. The average Bonchev–Trinajstić information content (AvgIpc) is 3.43. The molecule has 10 heteroatoms. The summed E-state index contributed by atoms with van der Waals surface area (Å²) < 4.78 is 34.6. The number of allylic oxidation sites excluding steroid dienone is 22. The number of unbranched alkanes of at least 4 members (excludes halogenated alkanes) is 22. The number of rotatable bonds is 58. The van der Waals surface area contributed by atoms with Gasteiger partial charge in [-0.15, -0.1) is 0 Å². The van der Waals surface area contributed by atoms with E-state index in [1.54, 1.807) is 0 Å². The maximum absolute atomic E-state index is 12.8. The Morgan fingerprint density at radius 3 is 1.05 bits per heavy atom. The number of quaternary nitrogens is 1. The molecule has 0 aliphatic carbocycles. The Morgan fingerprint density at radius 2 is 0.704 bits per heavy atom. The van der Waals surface area contributed by atoms with E-state index in [9.17, 15) is 19.0 Å². The van der Waals surface area contributed by atoms with E-state index < -0.39 is 26.5 Å². The number of phosphoric acid groups is 1. The van der Waals surface area contributed by atoms with E-state index in [4.69, 9.17) is 18.5 Å². The summed E-state index contributed by atoms with van der Waals surface area (Å²) in [6.07, 6.45) is 88.2. The van der Waals surface area contributed by atoms with E-state index in [-0.39, 0.29) is 32.0 Å². The molecule has 0 amide bonds. The van der Waals surface area contributed by atoms with Crippen molar-refractivity contribution in [3.63, 3.8) is 0 Å². The first kappa shape index (κ1) is 77.2. The quantitative estimate of drug-likeness (QED) is 0.0211. The molecule has 2 atom stereocenters. The molecule has 0 saturated carbocycles. The summed E-state index contributed by atoms with van der Waals surface area (Å²) in [5, 5.41) is 0. The highest BCUT2D eigenvalue weighted by atomic mass is 31.2. The van der Waals surface area contributed by atoms with Crippen LogP contribution in [0.2, 0.25) is 0 Å². The van der Waals surface area contributed by atoms with Crippen LogP contribution in [0.25, 0.3) is 0 Å². The molecule has 0 aromatic heterocycles. The standard InChI is InChI=1S/C71H120NO8P/c1-6-8-10-12-14-16-18-20-22-24-26-27-28-29-30-31-32-33-34-35-36-37-38-39-40-41-42-43-44-45-46-48-50-52-54-56-58-60-62-64-71(74)80-69(68-79-81(75,76)78-66-65-72(3,4)5)67-77-70(73)63-61-59-57-55-53-51-49-47-25-23-21-19-17-15-13-11-9-7-2/h8,10,14,16-17,19-20,22-23,25-27,29-30,32-33,35-36,38-39,41-42,69H,6-7,9,11-13,15,18,21,24,28,31,34,37,40,43-68H2,1-5H3/p+1/b10-8-,16-14-,19-17-,22-20-,25-23-,27-26-,30-29-,33-32-,36-35-,39-38-,42-41-. The number of ether oxygens (including phenoxy) is 2. The van der Waals surface area contributed by atoms with Crippen molar-refractivity contribution in [1.82, 2.24) is 0 Å². The fourth-order valence-corrected chi connectivity index (χ4v) is 9.19. The van der Waals surface area contributed by atoms with Gasteiger partial charge in [0.15, 0.2) is 6.10 Å². The number of hydrogen-bond acceptors (Lipinski definition) is 7. The summed E-state index contributed by atoms with van der Waals surface area (Å²) in [7, 11) is 1.46. The van der Waals surface area contributed by atoms with E-state index in [0.29, 0.717) is 17.4 Å². The number of esters is 2. The summed E-state index contributed by atoms with van der Waals surface area (Å²) in [5.74, 6) is -0.814. The molecular formula is C71H121NO8P+. The first-order valence-corrected chi connectivity index (χ1v) is 33.9. The van der Waals surface area contributed by atoms with Crippen LogP contribution in [0.5, 0.6) is 0 Å². The lowest BCUT2D eigenvalue weighted by Crippen LogP contribution is -2.37. The molecule has 0 saturated heterocycles. The fourth-order valence-electron chi connectivity index (χ4n) is 8.45. The van der Waals surface area contributed by atoms with Gasteiger partial charge in [0, 0.05) is 12.8 Å². The Morgan fingerprint density at radius 1 is 0.395 bits per heavy atom. The third-order valence-corrected chi connectivity index (χ3v) is 14.4. The van der Waals surface area contributed by atoms with E-state index in [1.807, 2.05) is 21.1 Å². The first-order valence-electron chi connectivity index (χ1n) is 32.4. The van der Waals surface area contributed by atoms with Crippen LogP contribution in [0, 0.1) is 0 Å². The SMILES string of the molecule is CC/C=C\C/C=C\C/C=C\C/C=C\C/C=C\C/C=C\C/C=C\C/C=C\C/C=C\CCCCCCCCCCCCCC(=O)OC(COC(=O)CCCCCCCCC/C=C\C/C=C\CCCCCC)COP(=O)(O)OCC[N+](C)(C)C. The fraction of sp³-hybridized carbons (Fsp3) is 0.662. The number of likely N-dealkylation sites (N-methyl/N-ethyl adjacent to an activating group) is 1. The Bertz CT molecular complexity index is 1830. The van der Waals surface area contributed by atoms with Crippen LogP contribution in [0.3, 0.4) is 0 Å².